The molecule has 204 valence electrons. The highest BCUT2D eigenvalue weighted by atomic mass is 32.1. The fourth-order valence-electron chi connectivity index (χ4n) is 6.41. The number of aromatic nitrogens is 1. The highest BCUT2D eigenvalue weighted by Gasteiger charge is 2.22. The first-order valence-electron chi connectivity index (χ1n) is 14.6. The molecule has 2 atom stereocenters. The van der Waals surface area contributed by atoms with E-state index in [4.69, 9.17) is 9.98 Å². The number of fused-ring (bicyclic) bond motifs is 4. The van der Waals surface area contributed by atoms with E-state index in [0.717, 1.165) is 17.0 Å². The third-order valence-electron chi connectivity index (χ3n) is 8.48. The minimum atomic E-state index is -0.0562. The maximum absolute atomic E-state index is 5.14. The molecule has 0 amide bonds. The van der Waals surface area contributed by atoms with Gasteiger partial charge in [0.2, 0.25) is 0 Å². The van der Waals surface area contributed by atoms with E-state index in [-0.39, 0.29) is 12.0 Å². The van der Waals surface area contributed by atoms with Crippen molar-refractivity contribution in [3.05, 3.63) is 152 Å². The van der Waals surface area contributed by atoms with Crippen molar-refractivity contribution in [2.75, 3.05) is 0 Å². The smallest absolute Gasteiger partial charge is 0.102 e. The fourth-order valence-corrected chi connectivity index (χ4v) is 7.77. The van der Waals surface area contributed by atoms with Crippen LogP contribution in [0.15, 0.2) is 151 Å². The number of hydrogen-bond donors (Lipinski definition) is 0. The molecule has 3 heterocycles. The Hall–Kier alpha value is -5.12. The molecule has 2 unspecified atom stereocenters. The van der Waals surface area contributed by atoms with E-state index in [1.807, 2.05) is 29.7 Å². The van der Waals surface area contributed by atoms with Crippen molar-refractivity contribution in [1.29, 1.82) is 0 Å². The van der Waals surface area contributed by atoms with Crippen LogP contribution in [0.25, 0.3) is 64.5 Å². The van der Waals surface area contributed by atoms with Gasteiger partial charge in [-0.3, -0.25) is 9.98 Å². The molecule has 0 N–H and O–H groups in total. The number of benzene rings is 5. The van der Waals surface area contributed by atoms with Crippen LogP contribution >= 0.6 is 11.3 Å². The molecule has 0 aliphatic carbocycles. The quantitative estimate of drug-likeness (QED) is 0.190. The first kappa shape index (κ1) is 25.6. The van der Waals surface area contributed by atoms with E-state index in [1.165, 1.54) is 53.2 Å². The van der Waals surface area contributed by atoms with Crippen molar-refractivity contribution in [2.45, 2.75) is 6.04 Å². The van der Waals surface area contributed by atoms with Crippen LogP contribution in [0.2, 0.25) is 0 Å². The molecule has 0 fully saturated rings. The van der Waals surface area contributed by atoms with Gasteiger partial charge >= 0.3 is 0 Å². The van der Waals surface area contributed by atoms with Crippen LogP contribution in [0.1, 0.15) is 11.7 Å². The lowest BCUT2D eigenvalue weighted by molar-refractivity contribution is 0.602. The van der Waals surface area contributed by atoms with Crippen molar-refractivity contribution in [3.8, 4) is 33.5 Å². The third kappa shape index (κ3) is 4.32. The predicted molar refractivity (Wildman–Crippen MR) is 185 cm³/mol. The maximum Gasteiger partial charge on any atom is 0.102 e. The molecule has 5 aromatic carbocycles. The molecule has 1 aliphatic rings. The van der Waals surface area contributed by atoms with Crippen molar-refractivity contribution in [2.24, 2.45) is 10.9 Å². The lowest BCUT2D eigenvalue weighted by atomic mass is 9.92. The normalized spacial score (nSPS) is 16.3. The summed E-state index contributed by atoms with van der Waals surface area (Å²) >= 11 is 1.89. The summed E-state index contributed by atoms with van der Waals surface area (Å²) in [6.45, 7) is 4.02. The second kappa shape index (κ2) is 10.6. The van der Waals surface area contributed by atoms with Crippen molar-refractivity contribution >= 4 is 48.5 Å². The molecule has 2 aromatic heterocycles. The van der Waals surface area contributed by atoms with Gasteiger partial charge in [0.05, 0.1) is 11.4 Å². The summed E-state index contributed by atoms with van der Waals surface area (Å²) in [7, 11) is 0. The molecule has 7 aromatic rings. The molecule has 3 heteroatoms. The first-order valence-corrected chi connectivity index (χ1v) is 15.4. The Morgan fingerprint density at radius 2 is 1.23 bits per heavy atom. The minimum absolute atomic E-state index is 0.0562. The average Bonchev–Trinajstić information content (AvgIpc) is 3.47. The third-order valence-corrected chi connectivity index (χ3v) is 9.76. The largest absolute Gasteiger partial charge is 0.283 e. The summed E-state index contributed by atoms with van der Waals surface area (Å²) in [6, 6.07) is 43.5. The van der Waals surface area contributed by atoms with Crippen LogP contribution in [0, 0.1) is 5.92 Å². The summed E-state index contributed by atoms with van der Waals surface area (Å²) in [5, 5.41) is 5.03. The number of thiophene rings is 1. The van der Waals surface area contributed by atoms with Gasteiger partial charge in [-0.2, -0.15) is 0 Å². The highest BCUT2D eigenvalue weighted by molar-refractivity contribution is 7.26. The predicted octanol–water partition coefficient (Wildman–Crippen LogP) is 11.1. The maximum atomic E-state index is 5.14. The van der Waals surface area contributed by atoms with Crippen LogP contribution in [-0.2, 0) is 0 Å². The van der Waals surface area contributed by atoms with Gasteiger partial charge in [0.1, 0.15) is 6.04 Å². The number of aliphatic imine (C=N–C) groups is 1. The summed E-state index contributed by atoms with van der Waals surface area (Å²) in [4.78, 5) is 9.87. The fraction of sp³-hybridized carbons (Fsp3) is 0.0500. The number of pyridine rings is 1. The molecule has 0 saturated carbocycles. The Bertz CT molecular complexity index is 2220. The second-order valence-corrected chi connectivity index (χ2v) is 11.9. The topological polar surface area (TPSA) is 25.2 Å². The summed E-state index contributed by atoms with van der Waals surface area (Å²) in [5.74, 6) is 0.135. The van der Waals surface area contributed by atoms with Crippen LogP contribution in [-0.4, -0.2) is 11.2 Å². The van der Waals surface area contributed by atoms with Gasteiger partial charge in [-0.15, -0.1) is 17.9 Å². The van der Waals surface area contributed by atoms with Gasteiger partial charge in [-0.25, -0.2) is 0 Å². The lowest BCUT2D eigenvalue weighted by Crippen LogP contribution is -2.11. The van der Waals surface area contributed by atoms with Crippen LogP contribution < -0.4 is 0 Å². The molecule has 1 aliphatic heterocycles. The van der Waals surface area contributed by atoms with Gasteiger partial charge in [-0.05, 0) is 45.7 Å². The number of allylic oxidation sites excluding steroid dienone is 1. The van der Waals surface area contributed by atoms with E-state index in [9.17, 15) is 0 Å². The van der Waals surface area contributed by atoms with E-state index >= 15 is 0 Å². The SMILES string of the molecule is C=CC1C=CC=NC1c1cccc(-c2ccc(-c3cccc4c3sc3c(-c5ccccc5)cccc34)c3ccccc23)n1. The van der Waals surface area contributed by atoms with E-state index in [2.05, 4.69) is 134 Å². The zero-order valence-electron chi connectivity index (χ0n) is 23.5. The monoisotopic (exact) mass is 568 g/mol. The Labute approximate surface area is 255 Å². The summed E-state index contributed by atoms with van der Waals surface area (Å²) in [5.41, 5.74) is 8.08. The van der Waals surface area contributed by atoms with Crippen LogP contribution in [0.3, 0.4) is 0 Å². The standard InChI is InChI=1S/C40H28N2S/c1-2-26-14-11-25-41-38(26)37-22-10-21-36(42-37)32-24-23-31(29-15-6-7-16-30(29)32)33-18-9-20-35-34-19-8-17-28(39(34)43-40(33)35)27-12-4-3-5-13-27/h2-26,38H,1H2. The second-order valence-electron chi connectivity index (χ2n) is 10.9. The van der Waals surface area contributed by atoms with E-state index in [1.54, 1.807) is 0 Å². The molecule has 0 radical (unpaired) electrons. The number of rotatable bonds is 5. The van der Waals surface area contributed by atoms with Gasteiger partial charge < -0.3 is 0 Å². The molecular formula is C40H28N2S. The molecule has 0 bridgehead atoms. The Balaban J connectivity index is 1.29. The zero-order valence-corrected chi connectivity index (χ0v) is 24.3. The number of hydrogen-bond acceptors (Lipinski definition) is 3. The number of dihydropyridines is 1. The van der Waals surface area contributed by atoms with Gasteiger partial charge in [0.25, 0.3) is 0 Å². The van der Waals surface area contributed by atoms with E-state index < -0.39 is 0 Å². The highest BCUT2D eigenvalue weighted by Crippen LogP contribution is 2.45. The molecule has 8 rings (SSSR count). The van der Waals surface area contributed by atoms with Crippen LogP contribution in [0.4, 0.5) is 0 Å². The minimum Gasteiger partial charge on any atom is -0.283 e. The first-order chi connectivity index (χ1) is 21.3. The van der Waals surface area contributed by atoms with Gasteiger partial charge in [0.15, 0.2) is 0 Å². The Kier molecular flexibility index (Phi) is 6.31. The molecule has 0 saturated heterocycles. The van der Waals surface area contributed by atoms with Crippen molar-refractivity contribution in [1.82, 2.24) is 4.98 Å². The molecule has 2 nitrogen and oxygen atoms in total. The molecular weight excluding hydrogens is 541 g/mol. The number of nitrogens with zero attached hydrogens (tertiary/aromatic N) is 2. The van der Waals surface area contributed by atoms with Crippen molar-refractivity contribution in [3.63, 3.8) is 0 Å². The molecule has 43 heavy (non-hydrogen) atoms. The van der Waals surface area contributed by atoms with Crippen LogP contribution in [0.5, 0.6) is 0 Å². The molecule has 0 spiro atoms. The Morgan fingerprint density at radius 1 is 0.581 bits per heavy atom. The summed E-state index contributed by atoms with van der Waals surface area (Å²) < 4.78 is 2.65. The van der Waals surface area contributed by atoms with E-state index in [0.29, 0.717) is 0 Å². The Morgan fingerprint density at radius 3 is 2.02 bits per heavy atom. The zero-order chi connectivity index (χ0) is 28.8. The van der Waals surface area contributed by atoms with Gasteiger partial charge in [0, 0.05) is 43.4 Å². The average molecular weight is 569 g/mol. The van der Waals surface area contributed by atoms with Crippen molar-refractivity contribution < 1.29 is 0 Å². The van der Waals surface area contributed by atoms with Gasteiger partial charge in [-0.1, -0.05) is 121 Å². The lowest BCUT2D eigenvalue weighted by Gasteiger charge is -2.20. The summed E-state index contributed by atoms with van der Waals surface area (Å²) in [6.07, 6.45) is 7.94.